The van der Waals surface area contributed by atoms with Crippen molar-refractivity contribution in [2.24, 2.45) is 0 Å². The smallest absolute Gasteiger partial charge is 0.337 e. The average molecular weight is 395 g/mol. The molecule has 3 heterocycles. The van der Waals surface area contributed by atoms with Crippen LogP contribution in [0.4, 0.5) is 13.2 Å². The molecule has 0 bridgehead atoms. The lowest BCUT2D eigenvalue weighted by Crippen LogP contribution is -2.34. The molecule has 1 unspecified atom stereocenters. The maximum absolute atomic E-state index is 13.1. The Kier molecular flexibility index (Phi) is 5.47. The van der Waals surface area contributed by atoms with Crippen LogP contribution in [0.5, 0.6) is 0 Å². The van der Waals surface area contributed by atoms with Crippen LogP contribution >= 0.6 is 0 Å². The molecule has 2 aromatic rings. The Hall–Kier alpha value is -2.42. The number of alkyl halides is 3. The lowest BCUT2D eigenvalue weighted by atomic mass is 10.0. The van der Waals surface area contributed by atoms with Crippen LogP contribution in [0.1, 0.15) is 47.8 Å². The van der Waals surface area contributed by atoms with Crippen molar-refractivity contribution in [3.05, 3.63) is 41.3 Å². The third-order valence-corrected chi connectivity index (χ3v) is 5.06. The van der Waals surface area contributed by atoms with E-state index in [9.17, 15) is 18.0 Å². The third kappa shape index (κ3) is 3.89. The third-order valence-electron chi connectivity index (χ3n) is 5.06. The van der Waals surface area contributed by atoms with E-state index in [1.807, 2.05) is 27.9 Å². The zero-order valence-electron chi connectivity index (χ0n) is 16.4. The first-order valence-electron chi connectivity index (χ1n) is 9.16. The van der Waals surface area contributed by atoms with Crippen molar-refractivity contribution in [3.8, 4) is 5.82 Å². The number of amides is 1. The lowest BCUT2D eigenvalue weighted by Gasteiger charge is -2.21. The van der Waals surface area contributed by atoms with Crippen molar-refractivity contribution >= 4 is 5.91 Å². The Morgan fingerprint density at radius 3 is 2.46 bits per heavy atom. The van der Waals surface area contributed by atoms with Crippen molar-refractivity contribution in [2.45, 2.75) is 38.4 Å². The fraction of sp³-hybridized carbons (Fsp3) is 0.526. The van der Waals surface area contributed by atoms with Gasteiger partial charge in [0.2, 0.25) is 0 Å². The van der Waals surface area contributed by atoms with E-state index in [2.05, 4.69) is 15.0 Å². The molecule has 0 aromatic carbocycles. The minimum Gasteiger partial charge on any atom is -0.337 e. The molecule has 1 aliphatic rings. The molecule has 0 radical (unpaired) electrons. The van der Waals surface area contributed by atoms with Crippen LogP contribution in [0.3, 0.4) is 0 Å². The fourth-order valence-electron chi connectivity index (χ4n) is 3.46. The SMILES string of the molecule is CC(C)c1c(C(=O)N2CCC(N(C)C)C2)cnn1-c1ccc(C(F)(F)F)cn1. The highest BCUT2D eigenvalue weighted by atomic mass is 19.4. The van der Waals surface area contributed by atoms with Gasteiger partial charge in [-0.05, 0) is 38.6 Å². The highest BCUT2D eigenvalue weighted by Crippen LogP contribution is 2.30. The van der Waals surface area contributed by atoms with E-state index in [1.165, 1.54) is 16.9 Å². The Balaban J connectivity index is 1.91. The molecule has 6 nitrogen and oxygen atoms in total. The molecule has 1 amide bonds. The molecule has 3 rings (SSSR count). The normalized spacial score (nSPS) is 17.8. The van der Waals surface area contributed by atoms with E-state index in [4.69, 9.17) is 0 Å². The summed E-state index contributed by atoms with van der Waals surface area (Å²) in [6.45, 7) is 5.15. The number of pyridine rings is 1. The Bertz CT molecular complexity index is 842. The standard InChI is InChI=1S/C19H24F3N5O/c1-12(2)17-15(18(28)26-8-7-14(11-26)25(3)4)10-24-27(17)16-6-5-13(9-23-16)19(20,21)22/h5-6,9-10,12,14H,7-8,11H2,1-4H3. The van der Waals surface area contributed by atoms with Crippen LogP contribution in [-0.4, -0.2) is 63.7 Å². The Morgan fingerprint density at radius 1 is 1.25 bits per heavy atom. The van der Waals surface area contributed by atoms with Gasteiger partial charge in [-0.3, -0.25) is 4.79 Å². The topological polar surface area (TPSA) is 54.3 Å². The number of hydrogen-bond acceptors (Lipinski definition) is 4. The Labute approximate surface area is 162 Å². The van der Waals surface area contributed by atoms with Crippen molar-refractivity contribution in [1.82, 2.24) is 24.6 Å². The maximum atomic E-state index is 13.1. The van der Waals surface area contributed by atoms with Crippen LogP contribution < -0.4 is 0 Å². The molecular formula is C19H24F3N5O. The van der Waals surface area contributed by atoms with E-state index < -0.39 is 11.7 Å². The second-order valence-electron chi connectivity index (χ2n) is 7.57. The van der Waals surface area contributed by atoms with Crippen molar-refractivity contribution < 1.29 is 18.0 Å². The zero-order chi connectivity index (χ0) is 20.6. The second kappa shape index (κ2) is 7.54. The number of halogens is 3. The number of nitrogens with zero attached hydrogens (tertiary/aromatic N) is 5. The zero-order valence-corrected chi connectivity index (χ0v) is 16.4. The van der Waals surface area contributed by atoms with Crippen molar-refractivity contribution in [1.29, 1.82) is 0 Å². The van der Waals surface area contributed by atoms with Crippen LogP contribution in [0.25, 0.3) is 5.82 Å². The molecule has 1 aliphatic heterocycles. The summed E-state index contributed by atoms with van der Waals surface area (Å²) >= 11 is 0. The van der Waals surface area contributed by atoms with Gasteiger partial charge in [-0.15, -0.1) is 0 Å². The molecule has 0 spiro atoms. The highest BCUT2D eigenvalue weighted by Gasteiger charge is 2.33. The summed E-state index contributed by atoms with van der Waals surface area (Å²) in [5, 5.41) is 4.26. The first-order valence-corrected chi connectivity index (χ1v) is 9.16. The lowest BCUT2D eigenvalue weighted by molar-refractivity contribution is -0.137. The number of carbonyl (C=O) groups excluding carboxylic acids is 1. The average Bonchev–Trinajstić information content (AvgIpc) is 3.28. The summed E-state index contributed by atoms with van der Waals surface area (Å²) in [7, 11) is 3.99. The number of aromatic nitrogens is 3. The number of hydrogen-bond donors (Lipinski definition) is 0. The molecule has 9 heteroatoms. The molecule has 1 atom stereocenters. The molecule has 152 valence electrons. The predicted octanol–water partition coefficient (Wildman–Crippen LogP) is 3.19. The van der Waals surface area contributed by atoms with E-state index in [1.54, 1.807) is 4.90 Å². The van der Waals surface area contributed by atoms with Gasteiger partial charge in [-0.1, -0.05) is 13.8 Å². The molecular weight excluding hydrogens is 371 g/mol. The molecule has 0 saturated carbocycles. The minimum atomic E-state index is -4.45. The summed E-state index contributed by atoms with van der Waals surface area (Å²) in [5.41, 5.74) is 0.291. The first-order chi connectivity index (χ1) is 13.1. The van der Waals surface area contributed by atoms with Gasteiger partial charge in [0.1, 0.15) is 0 Å². The number of likely N-dealkylation sites (tertiary alicyclic amines) is 1. The first kappa shape index (κ1) is 20.3. The molecule has 1 fully saturated rings. The predicted molar refractivity (Wildman–Crippen MR) is 98.4 cm³/mol. The van der Waals surface area contributed by atoms with Crippen LogP contribution in [0.15, 0.2) is 24.5 Å². The van der Waals surface area contributed by atoms with E-state index in [0.717, 1.165) is 18.7 Å². The summed E-state index contributed by atoms with van der Waals surface area (Å²) in [6.07, 6.45) is -1.27. The number of likely N-dealkylation sites (N-methyl/N-ethyl adjacent to an activating group) is 1. The van der Waals surface area contributed by atoms with Gasteiger partial charge < -0.3 is 9.80 Å². The molecule has 2 aromatic heterocycles. The van der Waals surface area contributed by atoms with Gasteiger partial charge in [-0.25, -0.2) is 9.67 Å². The van der Waals surface area contributed by atoms with Gasteiger partial charge in [-0.2, -0.15) is 18.3 Å². The van der Waals surface area contributed by atoms with Gasteiger partial charge in [0.25, 0.3) is 5.91 Å². The largest absolute Gasteiger partial charge is 0.417 e. The van der Waals surface area contributed by atoms with E-state index in [0.29, 0.717) is 30.4 Å². The summed E-state index contributed by atoms with van der Waals surface area (Å²) in [4.78, 5) is 20.9. The van der Waals surface area contributed by atoms with Gasteiger partial charge in [0.05, 0.1) is 23.0 Å². The Morgan fingerprint density at radius 2 is 1.96 bits per heavy atom. The summed E-state index contributed by atoms with van der Waals surface area (Å²) in [5.74, 6) is 0.0901. The fourth-order valence-corrected chi connectivity index (χ4v) is 3.46. The van der Waals surface area contributed by atoms with Crippen LogP contribution in [-0.2, 0) is 6.18 Å². The summed E-state index contributed by atoms with van der Waals surface area (Å²) < 4.78 is 39.8. The van der Waals surface area contributed by atoms with Gasteiger partial charge >= 0.3 is 6.18 Å². The van der Waals surface area contributed by atoms with E-state index in [-0.39, 0.29) is 17.6 Å². The molecule has 1 saturated heterocycles. The van der Waals surface area contributed by atoms with E-state index >= 15 is 0 Å². The van der Waals surface area contributed by atoms with Gasteiger partial charge in [0.15, 0.2) is 5.82 Å². The van der Waals surface area contributed by atoms with Gasteiger partial charge in [0, 0.05) is 25.3 Å². The number of rotatable bonds is 4. The van der Waals surface area contributed by atoms with Crippen LogP contribution in [0, 0.1) is 0 Å². The monoisotopic (exact) mass is 395 g/mol. The number of carbonyl (C=O) groups is 1. The minimum absolute atomic E-state index is 0.0576. The van der Waals surface area contributed by atoms with Crippen molar-refractivity contribution in [3.63, 3.8) is 0 Å². The maximum Gasteiger partial charge on any atom is 0.417 e. The molecule has 28 heavy (non-hydrogen) atoms. The van der Waals surface area contributed by atoms with Crippen molar-refractivity contribution in [2.75, 3.05) is 27.2 Å². The second-order valence-corrected chi connectivity index (χ2v) is 7.57. The highest BCUT2D eigenvalue weighted by molar-refractivity contribution is 5.95. The molecule has 0 N–H and O–H groups in total. The quantitative estimate of drug-likeness (QED) is 0.798. The van der Waals surface area contributed by atoms with Crippen LogP contribution in [0.2, 0.25) is 0 Å². The molecule has 0 aliphatic carbocycles. The summed E-state index contributed by atoms with van der Waals surface area (Å²) in [6, 6.07) is 2.56.